The van der Waals surface area contributed by atoms with E-state index in [2.05, 4.69) is 47.0 Å². The SMILES string of the molecule is CCN(CC)c1ccc(N=Nc2sc(/C=C(\C(C)=O)C(=O)Nc3cccc(NC=O)c3)cc2C(N)=O)c(Nc2nc(Nc3cc(N(CC)CC)ccc3N=Nc3sc(/C=C(/C(C)=O)C(=O)Nc4cccc(C(N)=O)c4)c(S(=O)(=O)O)c3C(N)=O)nc(SCc3cccc(S(=O)(=O)O)c3)n2)c1. The highest BCUT2D eigenvalue weighted by Crippen LogP contribution is 2.43. The highest BCUT2D eigenvalue weighted by molar-refractivity contribution is 7.98. The lowest BCUT2D eigenvalue weighted by Gasteiger charge is -2.22. The van der Waals surface area contributed by atoms with Crippen molar-refractivity contribution in [1.29, 1.82) is 0 Å². The van der Waals surface area contributed by atoms with E-state index in [0.29, 0.717) is 66.6 Å². The van der Waals surface area contributed by atoms with E-state index in [1.165, 1.54) is 73.7 Å². The molecule has 13 N–H and O–H groups in total. The third-order valence-electron chi connectivity index (χ3n) is 14.3. The van der Waals surface area contributed by atoms with Gasteiger partial charge in [-0.05, 0) is 150 Å². The maximum absolute atomic E-state index is 13.6. The Morgan fingerprint density at radius 2 is 1.11 bits per heavy atom. The van der Waals surface area contributed by atoms with Gasteiger partial charge in [0.25, 0.3) is 43.9 Å². The molecule has 0 radical (unpaired) electrons. The van der Waals surface area contributed by atoms with Gasteiger partial charge in [0, 0.05) is 70.8 Å². The number of nitrogens with one attached hydrogen (secondary N) is 5. The van der Waals surface area contributed by atoms with Gasteiger partial charge in [0.15, 0.2) is 26.7 Å². The molecule has 0 unspecified atom stereocenters. The second kappa shape index (κ2) is 32.8. The van der Waals surface area contributed by atoms with Gasteiger partial charge in [-0.3, -0.25) is 47.5 Å². The number of nitrogens with two attached hydrogens (primary N) is 3. The van der Waals surface area contributed by atoms with Gasteiger partial charge in [-0.1, -0.05) is 36.0 Å². The second-order valence-corrected chi connectivity index (χ2v) is 26.9. The van der Waals surface area contributed by atoms with Crippen LogP contribution in [-0.2, 0) is 50.0 Å². The highest BCUT2D eigenvalue weighted by Gasteiger charge is 2.32. The van der Waals surface area contributed by atoms with Crippen LogP contribution >= 0.6 is 34.4 Å². The van der Waals surface area contributed by atoms with E-state index in [0.717, 1.165) is 36.1 Å². The quantitative estimate of drug-likeness (QED) is 0.00356. The molecule has 0 aliphatic carbocycles. The number of hydrogen-bond donors (Lipinski definition) is 10. The fourth-order valence-corrected chi connectivity index (χ4v) is 14.0. The number of amides is 6. The molecule has 0 atom stereocenters. The maximum atomic E-state index is 13.6. The van der Waals surface area contributed by atoms with E-state index in [4.69, 9.17) is 32.2 Å². The smallest absolute Gasteiger partial charge is 0.296 e. The Morgan fingerprint density at radius 1 is 0.580 bits per heavy atom. The maximum Gasteiger partial charge on any atom is 0.296 e. The molecule has 3 heterocycles. The number of Topliss-reactive ketones (excluding diaryl/α,β-unsaturated/α-hetero) is 2. The van der Waals surface area contributed by atoms with Crippen molar-refractivity contribution >= 4 is 187 Å². The minimum atomic E-state index is -5.40. The molecule has 0 saturated carbocycles. The molecule has 0 bridgehead atoms. The van der Waals surface area contributed by atoms with E-state index >= 15 is 0 Å². The van der Waals surface area contributed by atoms with Crippen LogP contribution in [0.5, 0.6) is 0 Å². The van der Waals surface area contributed by atoms with Crippen molar-refractivity contribution in [1.82, 2.24) is 15.0 Å². The fraction of sp³-hybridized carbons (Fsp3) is 0.172. The van der Waals surface area contributed by atoms with Gasteiger partial charge in [-0.25, -0.2) is 0 Å². The summed E-state index contributed by atoms with van der Waals surface area (Å²) < 4.78 is 71.3. The summed E-state index contributed by atoms with van der Waals surface area (Å²) in [5, 5.41) is 31.1. The second-order valence-electron chi connectivity index (χ2n) is 21.0. The number of azo groups is 2. The van der Waals surface area contributed by atoms with E-state index in [9.17, 15) is 64.3 Å². The number of carbonyl (C=O) groups excluding carboxylic acids is 8. The average molecular weight is 1450 g/mol. The molecular formula is C64H63N17O14S5. The molecule has 5 aromatic carbocycles. The molecule has 8 aromatic rings. The molecule has 0 saturated heterocycles. The minimum absolute atomic E-state index is 0.00749. The summed E-state index contributed by atoms with van der Waals surface area (Å²) in [6.07, 6.45) is 2.55. The van der Waals surface area contributed by atoms with Crippen molar-refractivity contribution in [3.05, 3.63) is 158 Å². The zero-order valence-electron chi connectivity index (χ0n) is 53.8. The Balaban J connectivity index is 1.23. The number of benzene rings is 5. The lowest BCUT2D eigenvalue weighted by molar-refractivity contribution is -0.120. The van der Waals surface area contributed by atoms with Crippen LogP contribution in [0.4, 0.5) is 73.1 Å². The molecule has 0 fully saturated rings. The molecule has 100 heavy (non-hydrogen) atoms. The lowest BCUT2D eigenvalue weighted by atomic mass is 10.1. The van der Waals surface area contributed by atoms with Gasteiger partial charge in [0.1, 0.15) is 16.3 Å². The molecule has 0 aliphatic rings. The molecule has 8 rings (SSSR count). The van der Waals surface area contributed by atoms with Crippen LogP contribution in [0, 0.1) is 0 Å². The lowest BCUT2D eigenvalue weighted by Crippen LogP contribution is -2.21. The summed E-state index contributed by atoms with van der Waals surface area (Å²) in [7, 11) is -10.0. The predicted molar refractivity (Wildman–Crippen MR) is 382 cm³/mol. The van der Waals surface area contributed by atoms with E-state index in [1.807, 2.05) is 37.5 Å². The number of nitrogens with zero attached hydrogens (tertiary/aromatic N) is 9. The van der Waals surface area contributed by atoms with Crippen molar-refractivity contribution < 1.29 is 64.3 Å². The highest BCUT2D eigenvalue weighted by atomic mass is 32.2. The minimum Gasteiger partial charge on any atom is -0.372 e. The number of thioether (sulfide) groups is 1. The first-order valence-electron chi connectivity index (χ1n) is 29.8. The topological polar surface area (TPSA) is 478 Å². The summed E-state index contributed by atoms with van der Waals surface area (Å²) >= 11 is 2.34. The molecule has 3 aromatic heterocycles. The summed E-state index contributed by atoms with van der Waals surface area (Å²) in [6, 6.07) is 28.5. The van der Waals surface area contributed by atoms with Crippen LogP contribution < -0.4 is 53.6 Å². The molecule has 0 aliphatic heterocycles. The Bertz CT molecular complexity index is 4930. The number of thiophene rings is 2. The molecule has 6 amide bonds. The number of rotatable bonds is 32. The van der Waals surface area contributed by atoms with Crippen LogP contribution in [0.2, 0.25) is 0 Å². The largest absolute Gasteiger partial charge is 0.372 e. The molecule has 518 valence electrons. The normalized spacial score (nSPS) is 11.9. The van der Waals surface area contributed by atoms with Gasteiger partial charge in [-0.2, -0.15) is 31.8 Å². The molecule has 0 spiro atoms. The number of hydrogen-bond acceptors (Lipinski definition) is 26. The van der Waals surface area contributed by atoms with Crippen molar-refractivity contribution in [3.8, 4) is 0 Å². The molecule has 36 heteroatoms. The van der Waals surface area contributed by atoms with Crippen LogP contribution in [-0.4, -0.2) is 115 Å². The fourth-order valence-electron chi connectivity index (χ4n) is 9.52. The van der Waals surface area contributed by atoms with Crippen molar-refractivity contribution in [2.75, 3.05) is 62.6 Å². The Morgan fingerprint density at radius 3 is 1.62 bits per heavy atom. The third kappa shape index (κ3) is 19.1. The number of aromatic nitrogens is 3. The van der Waals surface area contributed by atoms with Crippen LogP contribution in [0.3, 0.4) is 0 Å². The van der Waals surface area contributed by atoms with Crippen LogP contribution in [0.15, 0.2) is 162 Å². The Hall–Kier alpha value is -11.3. The third-order valence-corrected chi connectivity index (χ3v) is 19.1. The number of ketones is 2. The first-order valence-corrected chi connectivity index (χ1v) is 35.3. The van der Waals surface area contributed by atoms with Gasteiger partial charge in [0.05, 0.1) is 43.4 Å². The first kappa shape index (κ1) is 74.5. The molecular weight excluding hydrogens is 1390 g/mol. The predicted octanol–water partition coefficient (Wildman–Crippen LogP) is 10.9. The monoisotopic (exact) mass is 1450 g/mol. The average Bonchev–Trinajstić information content (AvgIpc) is 1.61. The van der Waals surface area contributed by atoms with Crippen molar-refractivity contribution in [2.24, 2.45) is 37.7 Å². The Labute approximate surface area is 584 Å². The van der Waals surface area contributed by atoms with E-state index in [1.54, 1.807) is 54.6 Å². The summed E-state index contributed by atoms with van der Waals surface area (Å²) in [5.41, 5.74) is 18.1. The zero-order valence-corrected chi connectivity index (χ0v) is 57.9. The molecule has 31 nitrogen and oxygen atoms in total. The van der Waals surface area contributed by atoms with E-state index < -0.39 is 87.2 Å². The van der Waals surface area contributed by atoms with Crippen LogP contribution in [0.1, 0.15) is 87.9 Å². The van der Waals surface area contributed by atoms with Crippen molar-refractivity contribution in [2.45, 2.75) is 62.2 Å². The van der Waals surface area contributed by atoms with E-state index in [-0.39, 0.29) is 88.4 Å². The van der Waals surface area contributed by atoms with Crippen LogP contribution in [0.25, 0.3) is 12.2 Å². The van der Waals surface area contributed by atoms with Gasteiger partial charge >= 0.3 is 0 Å². The summed E-state index contributed by atoms with van der Waals surface area (Å²) in [4.78, 5) is 119. The van der Waals surface area contributed by atoms with Gasteiger partial charge in [-0.15, -0.1) is 43.1 Å². The number of primary amides is 3. The standard InChI is InChI=1S/C64H63N17O14S5/c1-7-80(8-2)41-20-22-48(76-78-60-47(56(66)86)30-43(97-60)29-45(34(5)83)58(88)70-40-18-13-16-38(26-40)68-33-82)50(27-41)71-62-73-63(75-64(74-62)96-32-36-14-11-19-44(24-36)99(90,91)92)72-51-28-42(81(9-3)10-4)21-23-49(51)77-79-61-53(57(67)87)54(100(93,94)95)52(98-61)31-46(35(6)84)59(89)69-39-17-12-15-37(25-39)55(65)85/h11-31,33H,7-10,32H2,1-6H3,(H2,65,85)(H2,66,86)(H2,67,87)(H,68,82)(H,69,89)(H,70,88)(H,90,91,92)(H,93,94,95)(H2,71,72,73,74,75)/b45-29+,46-31-,78-76?,79-77?. The zero-order chi connectivity index (χ0) is 72.8. The number of anilines is 9. The Kier molecular flexibility index (Phi) is 24.5. The first-order chi connectivity index (χ1) is 47.5. The van der Waals surface area contributed by atoms with Gasteiger partial charge in [0.2, 0.25) is 24.2 Å². The summed E-state index contributed by atoms with van der Waals surface area (Å²) in [5.74, 6) is -6.79. The number of carbonyl (C=O) groups is 8. The summed E-state index contributed by atoms with van der Waals surface area (Å²) in [6.45, 7) is 12.1. The van der Waals surface area contributed by atoms with Gasteiger partial charge < -0.3 is 53.6 Å². The van der Waals surface area contributed by atoms with Crippen molar-refractivity contribution in [3.63, 3.8) is 0 Å².